The van der Waals surface area contributed by atoms with Crippen molar-refractivity contribution in [1.29, 1.82) is 0 Å². The third-order valence-electron chi connectivity index (χ3n) is 13.1. The lowest BCUT2D eigenvalue weighted by Gasteiger charge is -2.34. The Kier molecular flexibility index (Phi) is 7.58. The zero-order chi connectivity index (χ0) is 51.5. The summed E-state index contributed by atoms with van der Waals surface area (Å²) in [5.41, 5.74) is 2.80. The molecule has 4 aliphatic carbocycles. The molecule has 0 saturated carbocycles. The van der Waals surface area contributed by atoms with Crippen LogP contribution in [0.15, 0.2) is 224 Å². The van der Waals surface area contributed by atoms with E-state index in [-0.39, 0.29) is 45.1 Å². The Balaban J connectivity index is 1.16. The predicted molar refractivity (Wildman–Crippen MR) is 279 cm³/mol. The molecule has 0 fully saturated rings. The summed E-state index contributed by atoms with van der Waals surface area (Å²) in [6.45, 7) is 0. The number of aromatic nitrogens is 5. The molecule has 3 aromatic heterocycles. The fourth-order valence-corrected chi connectivity index (χ4v) is 15.0. The monoisotopic (exact) mass is 883 g/mol. The van der Waals surface area contributed by atoms with Crippen LogP contribution in [0.4, 0.5) is 0 Å². The van der Waals surface area contributed by atoms with E-state index < -0.39 is 33.6 Å². The summed E-state index contributed by atoms with van der Waals surface area (Å²) in [4.78, 5) is 16.2. The van der Waals surface area contributed by atoms with Gasteiger partial charge in [-0.15, -0.1) is 0 Å². The second-order valence-electron chi connectivity index (χ2n) is 16.9. The third kappa shape index (κ3) is 6.39. The minimum absolute atomic E-state index is 0.00632. The van der Waals surface area contributed by atoms with Gasteiger partial charge in [-0.05, 0) is 86.7 Å². The molecule has 0 amide bonds. The Bertz CT molecular complexity index is 4050. The smallest absolute Gasteiger partial charge is 0.240 e. The molecule has 6 heteroatoms. The van der Waals surface area contributed by atoms with E-state index in [1.807, 2.05) is 83.4 Å². The van der Waals surface area contributed by atoms with E-state index in [9.17, 15) is 11.0 Å². The molecule has 0 unspecified atom stereocenters. The molecule has 0 atom stereocenters. The maximum Gasteiger partial charge on any atom is 0.240 e. The molecule has 4 bridgehead atoms. The van der Waals surface area contributed by atoms with Crippen LogP contribution in [-0.4, -0.2) is 32.2 Å². The molecule has 0 saturated heterocycles. The average Bonchev–Trinajstić information content (AvgIpc) is 4.10. The fourth-order valence-electron chi connectivity index (χ4n) is 10.2. The van der Waals surface area contributed by atoms with Crippen molar-refractivity contribution in [1.82, 2.24) is 24.1 Å². The zero-order valence-electron chi connectivity index (χ0n) is 44.1. The largest absolute Gasteiger partial charge is 0.278 e. The quantitative estimate of drug-likeness (QED) is 0.118. The standard InChI is InChI=1S/C61H45N5Si/c1-4-18-47(19-5-1)67(48-20-6-2-7-21-48,49-22-8-3-9-23-49)50-24-16-17-46(41-50)59-62-60(65-54-28-13-10-25-51(54)52-26-11-14-29-55(52)65)64-61(63-59)66-56-30-15-12-27-53(56)57-44-37-35-42-31-33-43(34-32-42)36-38-45(40-39-44)58(57)66/h1-34,39-41H,35-38H2/i35D2,36D2,37D2,38D2. The highest BCUT2D eigenvalue weighted by Crippen LogP contribution is 2.38. The summed E-state index contributed by atoms with van der Waals surface area (Å²) < 4.78 is 81.1. The summed E-state index contributed by atoms with van der Waals surface area (Å²) in [5, 5.41) is 7.30. The summed E-state index contributed by atoms with van der Waals surface area (Å²) in [6, 6.07) is 71.9. The number of benzene rings is 9. The molecule has 16 rings (SSSR count). The number of hydrogen-bond donors (Lipinski definition) is 0. The van der Waals surface area contributed by atoms with Gasteiger partial charge in [-0.2, -0.15) is 15.0 Å². The highest BCUT2D eigenvalue weighted by Gasteiger charge is 2.41. The zero-order valence-corrected chi connectivity index (χ0v) is 37.1. The van der Waals surface area contributed by atoms with Gasteiger partial charge in [-0.3, -0.25) is 9.13 Å². The van der Waals surface area contributed by atoms with Gasteiger partial charge in [0, 0.05) is 38.1 Å². The molecular formula is C61H45N5Si. The van der Waals surface area contributed by atoms with Gasteiger partial charge in [-0.1, -0.05) is 206 Å². The van der Waals surface area contributed by atoms with Gasteiger partial charge < -0.3 is 0 Å². The lowest BCUT2D eigenvalue weighted by Crippen LogP contribution is -2.74. The number of nitrogens with zero attached hydrogens (tertiary/aromatic N) is 5. The Hall–Kier alpha value is -8.19. The molecule has 5 nitrogen and oxygen atoms in total. The van der Waals surface area contributed by atoms with E-state index in [4.69, 9.17) is 15.0 Å². The van der Waals surface area contributed by atoms with Crippen LogP contribution >= 0.6 is 0 Å². The summed E-state index contributed by atoms with van der Waals surface area (Å²) in [6.07, 6.45) is -10.8. The van der Waals surface area contributed by atoms with Gasteiger partial charge in [0.05, 0.1) is 22.1 Å². The first-order valence-corrected chi connectivity index (χ1v) is 24.5. The van der Waals surface area contributed by atoms with Crippen molar-refractivity contribution in [2.75, 3.05) is 0 Å². The Morgan fingerprint density at radius 1 is 0.373 bits per heavy atom. The molecule has 0 radical (unpaired) electrons. The number of rotatable bonds is 7. The lowest BCUT2D eigenvalue weighted by molar-refractivity contribution is 0.884. The Morgan fingerprint density at radius 2 is 0.821 bits per heavy atom. The van der Waals surface area contributed by atoms with Gasteiger partial charge in [0.1, 0.15) is 0 Å². The van der Waals surface area contributed by atoms with Crippen LogP contribution in [0.3, 0.4) is 0 Å². The number of para-hydroxylation sites is 3. The molecule has 0 spiro atoms. The van der Waals surface area contributed by atoms with Crippen molar-refractivity contribution < 1.29 is 11.0 Å². The molecule has 67 heavy (non-hydrogen) atoms. The second-order valence-corrected chi connectivity index (χ2v) is 20.7. The van der Waals surface area contributed by atoms with Crippen LogP contribution in [-0.2, 0) is 25.5 Å². The Morgan fingerprint density at radius 3 is 1.39 bits per heavy atom. The van der Waals surface area contributed by atoms with Crippen molar-refractivity contribution in [3.8, 4) is 23.3 Å². The molecule has 3 heterocycles. The summed E-state index contributed by atoms with van der Waals surface area (Å²) in [7, 11) is -3.08. The first-order valence-electron chi connectivity index (χ1n) is 26.5. The first-order chi connectivity index (χ1) is 36.2. The number of fused-ring (bicyclic) bond motifs is 4. The Labute approximate surface area is 401 Å². The van der Waals surface area contributed by atoms with Crippen LogP contribution in [0.2, 0.25) is 0 Å². The highest BCUT2D eigenvalue weighted by molar-refractivity contribution is 7.19. The van der Waals surface area contributed by atoms with Crippen LogP contribution in [0.5, 0.6) is 0 Å². The van der Waals surface area contributed by atoms with E-state index >= 15 is 0 Å². The SMILES string of the molecule is [2H]C1([2H])c2ccc(cc2)C([2H])([2H])C([2H])([2H])c2ccc(c3c4ccccc4n(-c4nc(-c5cccc([Si](c6ccccc6)(c6ccccc6)c6ccccc6)c5)nc(-n5c6ccccc6c6ccccc65)n4)c23)C1([2H])[2H]. The maximum absolute atomic E-state index is 9.91. The molecule has 0 aliphatic heterocycles. The van der Waals surface area contributed by atoms with Gasteiger partial charge in [0.25, 0.3) is 0 Å². The van der Waals surface area contributed by atoms with Crippen molar-refractivity contribution in [2.45, 2.75) is 25.5 Å². The van der Waals surface area contributed by atoms with E-state index in [2.05, 4.69) is 97.1 Å². The molecule has 318 valence electrons. The minimum atomic E-state index is -3.08. The third-order valence-corrected chi connectivity index (χ3v) is 17.9. The lowest BCUT2D eigenvalue weighted by atomic mass is 9.93. The molecule has 9 aromatic carbocycles. The normalized spacial score (nSPS) is 17.6. The maximum atomic E-state index is 9.91. The number of hydrogen-bond acceptors (Lipinski definition) is 3. The van der Waals surface area contributed by atoms with Crippen molar-refractivity contribution in [2.24, 2.45) is 0 Å². The van der Waals surface area contributed by atoms with E-state index in [1.165, 1.54) is 52.0 Å². The number of aryl methyl sites for hydroxylation is 4. The van der Waals surface area contributed by atoms with Crippen molar-refractivity contribution in [3.05, 3.63) is 247 Å². The van der Waals surface area contributed by atoms with Gasteiger partial charge in [0.15, 0.2) is 13.9 Å². The van der Waals surface area contributed by atoms with E-state index in [0.717, 1.165) is 27.0 Å². The second kappa shape index (κ2) is 16.1. The van der Waals surface area contributed by atoms with Gasteiger partial charge in [0.2, 0.25) is 11.9 Å². The minimum Gasteiger partial charge on any atom is -0.278 e. The van der Waals surface area contributed by atoms with Crippen LogP contribution < -0.4 is 20.7 Å². The van der Waals surface area contributed by atoms with Crippen LogP contribution in [0.1, 0.15) is 33.2 Å². The summed E-state index contributed by atoms with van der Waals surface area (Å²) >= 11 is 0. The van der Waals surface area contributed by atoms with E-state index in [1.54, 1.807) is 16.7 Å². The van der Waals surface area contributed by atoms with E-state index in [0.29, 0.717) is 22.3 Å². The molecule has 12 aromatic rings. The van der Waals surface area contributed by atoms with Crippen molar-refractivity contribution in [3.63, 3.8) is 0 Å². The van der Waals surface area contributed by atoms with Gasteiger partial charge in [-0.25, -0.2) is 0 Å². The highest BCUT2D eigenvalue weighted by atomic mass is 28.3. The topological polar surface area (TPSA) is 48.5 Å². The average molecular weight is 884 g/mol. The fraction of sp³-hybridized carbons (Fsp3) is 0.0656. The molecule has 0 N–H and O–H groups in total. The molecular weight excluding hydrogens is 831 g/mol. The molecule has 4 aliphatic rings. The summed E-state index contributed by atoms with van der Waals surface area (Å²) in [5.74, 6) is 0.636. The van der Waals surface area contributed by atoms with Crippen molar-refractivity contribution >= 4 is 72.4 Å². The first kappa shape index (κ1) is 31.6. The van der Waals surface area contributed by atoms with Crippen LogP contribution in [0, 0.1) is 0 Å². The van der Waals surface area contributed by atoms with Crippen LogP contribution in [0.25, 0.3) is 66.9 Å². The predicted octanol–water partition coefficient (Wildman–Crippen LogP) is 11.0. The van der Waals surface area contributed by atoms with Gasteiger partial charge >= 0.3 is 0 Å².